The summed E-state index contributed by atoms with van der Waals surface area (Å²) < 4.78 is 1.98. The summed E-state index contributed by atoms with van der Waals surface area (Å²) in [5.41, 5.74) is 9.11. The highest BCUT2D eigenvalue weighted by molar-refractivity contribution is 5.62. The first-order chi connectivity index (χ1) is 9.16. The Labute approximate surface area is 110 Å². The summed E-state index contributed by atoms with van der Waals surface area (Å²) in [6.45, 7) is 3.78. The zero-order valence-electron chi connectivity index (χ0n) is 10.8. The molecule has 0 aliphatic rings. The van der Waals surface area contributed by atoms with Crippen LogP contribution < -0.4 is 5.73 Å². The van der Waals surface area contributed by atoms with Crippen LogP contribution in [0.5, 0.6) is 0 Å². The van der Waals surface area contributed by atoms with Gasteiger partial charge in [-0.2, -0.15) is 0 Å². The van der Waals surface area contributed by atoms with Crippen molar-refractivity contribution in [2.24, 2.45) is 5.73 Å². The van der Waals surface area contributed by atoms with Gasteiger partial charge in [-0.1, -0.05) is 6.07 Å². The number of nitrogens with zero attached hydrogens (tertiary/aromatic N) is 5. The van der Waals surface area contributed by atoms with Crippen LogP contribution in [0.2, 0.25) is 0 Å². The van der Waals surface area contributed by atoms with Gasteiger partial charge in [-0.05, 0) is 26.0 Å². The van der Waals surface area contributed by atoms with E-state index >= 15 is 0 Å². The molecule has 6 nitrogen and oxygen atoms in total. The molecule has 1 unspecified atom stereocenters. The number of aryl methyl sites for hydroxylation is 1. The van der Waals surface area contributed by atoms with Gasteiger partial charge in [0.25, 0.3) is 0 Å². The number of rotatable bonds is 2. The molecule has 0 fully saturated rings. The smallest absolute Gasteiger partial charge is 0.167 e. The van der Waals surface area contributed by atoms with Gasteiger partial charge in [0.2, 0.25) is 0 Å². The van der Waals surface area contributed by atoms with Gasteiger partial charge in [0.15, 0.2) is 5.82 Å². The van der Waals surface area contributed by atoms with E-state index < -0.39 is 0 Å². The highest BCUT2D eigenvalue weighted by atomic mass is 15.2. The SMILES string of the molecule is Cc1nc2ccccn2c1-c1cnc(C(C)N)nn1. The van der Waals surface area contributed by atoms with Crippen molar-refractivity contribution >= 4 is 5.65 Å². The van der Waals surface area contributed by atoms with Gasteiger partial charge >= 0.3 is 0 Å². The molecule has 6 heteroatoms. The van der Waals surface area contributed by atoms with Crippen LogP contribution in [0.1, 0.15) is 24.5 Å². The van der Waals surface area contributed by atoms with Crippen LogP contribution in [-0.2, 0) is 0 Å². The number of fused-ring (bicyclic) bond motifs is 1. The quantitative estimate of drug-likeness (QED) is 0.749. The Hall–Kier alpha value is -2.34. The van der Waals surface area contributed by atoms with Gasteiger partial charge in [0.05, 0.1) is 23.6 Å². The second kappa shape index (κ2) is 4.40. The molecule has 0 saturated carbocycles. The molecular formula is C13H14N6. The molecule has 3 aromatic heterocycles. The van der Waals surface area contributed by atoms with E-state index in [0.29, 0.717) is 11.5 Å². The molecule has 0 amide bonds. The van der Waals surface area contributed by atoms with Gasteiger partial charge in [-0.25, -0.2) is 9.97 Å². The van der Waals surface area contributed by atoms with Gasteiger partial charge in [-0.3, -0.25) is 4.40 Å². The van der Waals surface area contributed by atoms with Crippen LogP contribution in [0, 0.1) is 6.92 Å². The Kier molecular flexibility index (Phi) is 2.72. The van der Waals surface area contributed by atoms with Gasteiger partial charge < -0.3 is 5.73 Å². The molecule has 19 heavy (non-hydrogen) atoms. The van der Waals surface area contributed by atoms with Crippen LogP contribution >= 0.6 is 0 Å². The van der Waals surface area contributed by atoms with E-state index in [1.54, 1.807) is 6.20 Å². The summed E-state index contributed by atoms with van der Waals surface area (Å²) in [6, 6.07) is 5.64. The number of hydrogen-bond acceptors (Lipinski definition) is 5. The Morgan fingerprint density at radius 2 is 2.11 bits per heavy atom. The third-order valence-corrected chi connectivity index (χ3v) is 2.93. The van der Waals surface area contributed by atoms with Crippen LogP contribution in [-0.4, -0.2) is 24.6 Å². The molecule has 0 aliphatic heterocycles. The van der Waals surface area contributed by atoms with E-state index in [1.807, 2.05) is 42.6 Å². The lowest BCUT2D eigenvalue weighted by Gasteiger charge is -2.04. The van der Waals surface area contributed by atoms with Gasteiger partial charge in [0, 0.05) is 6.20 Å². The van der Waals surface area contributed by atoms with E-state index in [9.17, 15) is 0 Å². The van der Waals surface area contributed by atoms with Crippen LogP contribution in [0.3, 0.4) is 0 Å². The maximum Gasteiger partial charge on any atom is 0.167 e. The molecule has 0 aliphatic carbocycles. The van der Waals surface area contributed by atoms with E-state index in [4.69, 9.17) is 5.73 Å². The third kappa shape index (κ3) is 1.96. The normalized spacial score (nSPS) is 12.8. The molecule has 0 spiro atoms. The van der Waals surface area contributed by atoms with Gasteiger partial charge in [-0.15, -0.1) is 10.2 Å². The average molecular weight is 254 g/mol. The van der Waals surface area contributed by atoms with E-state index in [-0.39, 0.29) is 6.04 Å². The van der Waals surface area contributed by atoms with Crippen molar-refractivity contribution in [2.45, 2.75) is 19.9 Å². The molecule has 0 radical (unpaired) electrons. The summed E-state index contributed by atoms with van der Waals surface area (Å²) in [5, 5.41) is 8.25. The number of pyridine rings is 1. The van der Waals surface area contributed by atoms with E-state index in [2.05, 4.69) is 20.2 Å². The molecular weight excluding hydrogens is 240 g/mol. The first kappa shape index (κ1) is 11.7. The predicted octanol–water partition coefficient (Wildman–Crippen LogP) is 1.51. The fourth-order valence-corrected chi connectivity index (χ4v) is 2.02. The van der Waals surface area contributed by atoms with Crippen molar-refractivity contribution in [2.75, 3.05) is 0 Å². The zero-order chi connectivity index (χ0) is 13.4. The highest BCUT2D eigenvalue weighted by Gasteiger charge is 2.13. The minimum absolute atomic E-state index is 0.218. The molecule has 1 atom stereocenters. The van der Waals surface area contributed by atoms with E-state index in [0.717, 1.165) is 17.0 Å². The molecule has 0 saturated heterocycles. The summed E-state index contributed by atoms with van der Waals surface area (Å²) in [5.74, 6) is 0.537. The summed E-state index contributed by atoms with van der Waals surface area (Å²) >= 11 is 0. The Morgan fingerprint density at radius 3 is 2.79 bits per heavy atom. The van der Waals surface area contributed by atoms with Crippen LogP contribution in [0.25, 0.3) is 17.0 Å². The maximum absolute atomic E-state index is 5.72. The molecule has 2 N–H and O–H groups in total. The standard InChI is InChI=1S/C13H14N6/c1-8(14)13-15-7-10(17-18-13)12-9(2)16-11-5-3-4-6-19(11)12/h3-8H,14H2,1-2H3. The number of hydrogen-bond donors (Lipinski definition) is 1. The minimum atomic E-state index is -0.218. The Bertz CT molecular complexity index is 714. The Balaban J connectivity index is 2.16. The van der Waals surface area contributed by atoms with Gasteiger partial charge in [0.1, 0.15) is 11.3 Å². The number of imidazole rings is 1. The molecule has 3 rings (SSSR count). The number of nitrogens with two attached hydrogens (primary N) is 1. The molecule has 0 aromatic carbocycles. The molecule has 0 bridgehead atoms. The van der Waals surface area contributed by atoms with Crippen molar-refractivity contribution < 1.29 is 0 Å². The lowest BCUT2D eigenvalue weighted by atomic mass is 10.2. The molecule has 3 heterocycles. The third-order valence-electron chi connectivity index (χ3n) is 2.93. The number of aromatic nitrogens is 5. The first-order valence-corrected chi connectivity index (χ1v) is 6.06. The van der Waals surface area contributed by atoms with Crippen molar-refractivity contribution in [3.63, 3.8) is 0 Å². The maximum atomic E-state index is 5.72. The lowest BCUT2D eigenvalue weighted by molar-refractivity contribution is 0.709. The van der Waals surface area contributed by atoms with Crippen molar-refractivity contribution in [3.8, 4) is 11.4 Å². The van der Waals surface area contributed by atoms with Crippen molar-refractivity contribution in [1.29, 1.82) is 0 Å². The van der Waals surface area contributed by atoms with Crippen molar-refractivity contribution in [3.05, 3.63) is 42.1 Å². The monoisotopic (exact) mass is 254 g/mol. The molecule has 96 valence electrons. The second-order valence-electron chi connectivity index (χ2n) is 4.46. The fraction of sp³-hybridized carbons (Fsp3) is 0.231. The Morgan fingerprint density at radius 1 is 1.26 bits per heavy atom. The predicted molar refractivity (Wildman–Crippen MR) is 71.4 cm³/mol. The topological polar surface area (TPSA) is 82.0 Å². The lowest BCUT2D eigenvalue weighted by Crippen LogP contribution is -2.11. The minimum Gasteiger partial charge on any atom is -0.321 e. The molecule has 3 aromatic rings. The van der Waals surface area contributed by atoms with Crippen LogP contribution in [0.15, 0.2) is 30.6 Å². The average Bonchev–Trinajstić information content (AvgIpc) is 2.74. The van der Waals surface area contributed by atoms with Crippen LogP contribution in [0.4, 0.5) is 0 Å². The fourth-order valence-electron chi connectivity index (χ4n) is 2.02. The zero-order valence-corrected chi connectivity index (χ0v) is 10.8. The first-order valence-electron chi connectivity index (χ1n) is 6.06. The summed E-state index contributed by atoms with van der Waals surface area (Å²) in [4.78, 5) is 8.73. The second-order valence-corrected chi connectivity index (χ2v) is 4.46. The van der Waals surface area contributed by atoms with E-state index in [1.165, 1.54) is 0 Å². The highest BCUT2D eigenvalue weighted by Crippen LogP contribution is 2.21. The summed E-state index contributed by atoms with van der Waals surface area (Å²) in [7, 11) is 0. The largest absolute Gasteiger partial charge is 0.321 e. The van der Waals surface area contributed by atoms with Crippen molar-refractivity contribution in [1.82, 2.24) is 24.6 Å². The summed E-state index contributed by atoms with van der Waals surface area (Å²) in [6.07, 6.45) is 3.64.